The number of hydrogen-bond donors (Lipinski definition) is 8. The van der Waals surface area contributed by atoms with Crippen molar-refractivity contribution in [3.8, 4) is 34.5 Å². The Balaban J connectivity index is 1.82. The third-order valence-electron chi connectivity index (χ3n) is 7.77. The van der Waals surface area contributed by atoms with Gasteiger partial charge in [-0.1, -0.05) is 0 Å². The second kappa shape index (κ2) is 12.1. The highest BCUT2D eigenvalue weighted by molar-refractivity contribution is 5.73. The average molecular weight is 583 g/mol. The number of benzene rings is 2. The minimum absolute atomic E-state index is 0.0123. The van der Waals surface area contributed by atoms with Crippen LogP contribution in [-0.4, -0.2) is 112 Å². The van der Waals surface area contributed by atoms with Crippen molar-refractivity contribution in [2.75, 3.05) is 34.5 Å². The molecular formula is C27H34O14. The standard InChI is InChI=1S/C27H34O14/c1-37-14-6-11(7-15(38-2)19(14)29)17-13(9-40-27-24(34)22(32)23(33)25(41-27)26(35)36)12(8-28)4-10-5-16(39-3)20(30)21(31)18(10)17/h5-7,12-13,17,22-25,27-34H,4,8-9H2,1-3H3,(H,35,36)/t12-,13+,17+,22+,23+,24-,25+,27+/m1/s1. The zero-order chi connectivity index (χ0) is 30.2. The highest BCUT2D eigenvalue weighted by atomic mass is 16.7. The molecular weight excluding hydrogens is 548 g/mol. The second-order valence-corrected chi connectivity index (χ2v) is 9.98. The monoisotopic (exact) mass is 582 g/mol. The number of aliphatic carboxylic acids is 1. The number of carboxylic acids is 1. The van der Waals surface area contributed by atoms with Crippen molar-refractivity contribution in [2.24, 2.45) is 11.8 Å². The quantitative estimate of drug-likeness (QED) is 0.177. The minimum atomic E-state index is -1.91. The Morgan fingerprint density at radius 1 is 0.878 bits per heavy atom. The first-order valence-corrected chi connectivity index (χ1v) is 12.7. The Morgan fingerprint density at radius 3 is 2.00 bits per heavy atom. The molecule has 8 N–H and O–H groups in total. The van der Waals surface area contributed by atoms with E-state index < -0.39 is 65.9 Å². The van der Waals surface area contributed by atoms with Crippen molar-refractivity contribution in [3.63, 3.8) is 0 Å². The lowest BCUT2D eigenvalue weighted by Crippen LogP contribution is -2.60. The molecule has 0 unspecified atom stereocenters. The number of aliphatic hydroxyl groups is 4. The highest BCUT2D eigenvalue weighted by Crippen LogP contribution is 2.54. The fourth-order valence-electron chi connectivity index (χ4n) is 5.63. The topological polar surface area (TPSA) is 225 Å². The van der Waals surface area contributed by atoms with Crippen LogP contribution in [0.4, 0.5) is 0 Å². The summed E-state index contributed by atoms with van der Waals surface area (Å²) in [6.07, 6.45) is -8.95. The highest BCUT2D eigenvalue weighted by Gasteiger charge is 2.49. The number of carboxylic acid groups (broad SMARTS) is 1. The summed E-state index contributed by atoms with van der Waals surface area (Å²) in [4.78, 5) is 11.5. The largest absolute Gasteiger partial charge is 0.504 e. The number of phenolic OH excluding ortho intramolecular Hbond substituents is 3. The van der Waals surface area contributed by atoms with Crippen LogP contribution in [0.1, 0.15) is 22.6 Å². The Labute approximate surface area is 234 Å². The van der Waals surface area contributed by atoms with E-state index in [0.29, 0.717) is 11.1 Å². The number of methoxy groups -OCH3 is 3. The van der Waals surface area contributed by atoms with Gasteiger partial charge in [0.15, 0.2) is 35.4 Å². The zero-order valence-electron chi connectivity index (χ0n) is 22.5. The van der Waals surface area contributed by atoms with Gasteiger partial charge in [0, 0.05) is 18.1 Å². The lowest BCUT2D eigenvalue weighted by molar-refractivity contribution is -0.297. The number of rotatable bonds is 9. The summed E-state index contributed by atoms with van der Waals surface area (Å²) in [6.45, 7) is -0.683. The van der Waals surface area contributed by atoms with Crippen LogP contribution in [-0.2, 0) is 20.7 Å². The van der Waals surface area contributed by atoms with Crippen LogP contribution < -0.4 is 14.2 Å². The molecule has 0 radical (unpaired) electrons. The lowest BCUT2D eigenvalue weighted by atomic mass is 9.66. The van der Waals surface area contributed by atoms with Gasteiger partial charge in [-0.2, -0.15) is 0 Å². The second-order valence-electron chi connectivity index (χ2n) is 9.98. The summed E-state index contributed by atoms with van der Waals surface area (Å²) in [7, 11) is 3.99. The SMILES string of the molecule is COc1cc([C@@H]2c3c(cc(OC)c(O)c3O)C[C@H](CO)[C@@H]2CO[C@H]2O[C@H](C(=O)O)[C@@H](O)[C@H](O)[C@H]2O)cc(OC)c1O. The molecule has 1 heterocycles. The summed E-state index contributed by atoms with van der Waals surface area (Å²) in [5, 5.41) is 82.8. The molecule has 2 aromatic rings. The number of fused-ring (bicyclic) bond motifs is 1. The normalized spacial score (nSPS) is 29.4. The van der Waals surface area contributed by atoms with Crippen LogP contribution in [0.5, 0.6) is 34.5 Å². The van der Waals surface area contributed by atoms with E-state index in [2.05, 4.69) is 0 Å². The zero-order valence-corrected chi connectivity index (χ0v) is 22.5. The van der Waals surface area contributed by atoms with E-state index in [-0.39, 0.29) is 48.2 Å². The summed E-state index contributed by atoms with van der Waals surface area (Å²) >= 11 is 0. The summed E-state index contributed by atoms with van der Waals surface area (Å²) in [5.74, 6) is -4.93. The molecule has 14 heteroatoms. The lowest BCUT2D eigenvalue weighted by Gasteiger charge is -2.42. The van der Waals surface area contributed by atoms with Gasteiger partial charge in [-0.25, -0.2) is 4.79 Å². The maximum atomic E-state index is 11.5. The molecule has 1 fully saturated rings. The van der Waals surface area contributed by atoms with E-state index in [1.807, 2.05) is 0 Å². The molecule has 1 saturated heterocycles. The first kappa shape index (κ1) is 30.4. The average Bonchev–Trinajstić information content (AvgIpc) is 2.96. The number of aliphatic hydroxyl groups excluding tert-OH is 4. The molecule has 8 atom stereocenters. The van der Waals surface area contributed by atoms with Crippen molar-refractivity contribution >= 4 is 5.97 Å². The molecule has 0 bridgehead atoms. The number of phenols is 3. The van der Waals surface area contributed by atoms with Crippen LogP contribution in [0, 0.1) is 11.8 Å². The molecule has 0 spiro atoms. The predicted molar refractivity (Wildman–Crippen MR) is 137 cm³/mol. The van der Waals surface area contributed by atoms with E-state index in [1.165, 1.54) is 39.5 Å². The smallest absolute Gasteiger partial charge is 0.335 e. The number of hydrogen-bond acceptors (Lipinski definition) is 13. The number of carbonyl (C=O) groups is 1. The van der Waals surface area contributed by atoms with Crippen LogP contribution >= 0.6 is 0 Å². The van der Waals surface area contributed by atoms with E-state index in [0.717, 1.165) is 0 Å². The molecule has 4 rings (SSSR count). The predicted octanol–water partition coefficient (Wildman–Crippen LogP) is -0.349. The van der Waals surface area contributed by atoms with Gasteiger partial charge in [0.1, 0.15) is 18.3 Å². The van der Waals surface area contributed by atoms with Crippen molar-refractivity contribution in [1.82, 2.24) is 0 Å². The van der Waals surface area contributed by atoms with Gasteiger partial charge in [0.25, 0.3) is 0 Å². The molecule has 0 saturated carbocycles. The summed E-state index contributed by atoms with van der Waals surface area (Å²) in [6, 6.07) is 4.52. The fourth-order valence-corrected chi connectivity index (χ4v) is 5.63. The van der Waals surface area contributed by atoms with Gasteiger partial charge >= 0.3 is 5.97 Å². The molecule has 1 aliphatic carbocycles. The first-order chi connectivity index (χ1) is 19.5. The third-order valence-corrected chi connectivity index (χ3v) is 7.77. The van der Waals surface area contributed by atoms with Crippen molar-refractivity contribution in [2.45, 2.75) is 43.0 Å². The number of aromatic hydroxyl groups is 3. The Bertz CT molecular complexity index is 1240. The molecule has 2 aromatic carbocycles. The van der Waals surface area contributed by atoms with Crippen molar-refractivity contribution in [3.05, 3.63) is 34.9 Å². The van der Waals surface area contributed by atoms with Crippen molar-refractivity contribution < 1.29 is 69.3 Å². The van der Waals surface area contributed by atoms with E-state index in [4.69, 9.17) is 23.7 Å². The maximum Gasteiger partial charge on any atom is 0.335 e. The van der Waals surface area contributed by atoms with Crippen LogP contribution in [0.2, 0.25) is 0 Å². The molecule has 1 aliphatic heterocycles. The Kier molecular flexibility index (Phi) is 9.01. The number of ether oxygens (including phenoxy) is 5. The fraction of sp³-hybridized carbons (Fsp3) is 0.519. The third kappa shape index (κ3) is 5.41. The van der Waals surface area contributed by atoms with Crippen LogP contribution in [0.15, 0.2) is 18.2 Å². The summed E-state index contributed by atoms with van der Waals surface area (Å²) in [5.41, 5.74) is 1.23. The van der Waals surface area contributed by atoms with Gasteiger partial charge < -0.3 is 64.5 Å². The van der Waals surface area contributed by atoms with E-state index in [1.54, 1.807) is 0 Å². The summed E-state index contributed by atoms with van der Waals surface area (Å²) < 4.78 is 26.9. The van der Waals surface area contributed by atoms with Gasteiger partial charge in [0.05, 0.1) is 27.9 Å². The van der Waals surface area contributed by atoms with Gasteiger partial charge in [-0.15, -0.1) is 0 Å². The van der Waals surface area contributed by atoms with Gasteiger partial charge in [-0.05, 0) is 47.6 Å². The van der Waals surface area contributed by atoms with Crippen molar-refractivity contribution in [1.29, 1.82) is 0 Å². The molecule has 0 aromatic heterocycles. The van der Waals surface area contributed by atoms with Crippen LogP contribution in [0.3, 0.4) is 0 Å². The molecule has 2 aliphatic rings. The molecule has 14 nitrogen and oxygen atoms in total. The maximum absolute atomic E-state index is 11.5. The van der Waals surface area contributed by atoms with E-state index >= 15 is 0 Å². The van der Waals surface area contributed by atoms with Gasteiger partial charge in [0.2, 0.25) is 11.5 Å². The molecule has 41 heavy (non-hydrogen) atoms. The Hall–Kier alpha value is -3.53. The van der Waals surface area contributed by atoms with Gasteiger partial charge in [-0.3, -0.25) is 0 Å². The minimum Gasteiger partial charge on any atom is -0.504 e. The first-order valence-electron chi connectivity index (χ1n) is 12.7. The Morgan fingerprint density at radius 2 is 1.46 bits per heavy atom. The molecule has 0 amide bonds. The molecule has 226 valence electrons. The van der Waals surface area contributed by atoms with Crippen LogP contribution in [0.25, 0.3) is 0 Å². The van der Waals surface area contributed by atoms with E-state index in [9.17, 15) is 45.6 Å².